The summed E-state index contributed by atoms with van der Waals surface area (Å²) in [5.74, 6) is -0.781. The van der Waals surface area contributed by atoms with Crippen LogP contribution in [0.5, 0.6) is 0 Å². The number of aliphatic carboxylic acids is 1. The van der Waals surface area contributed by atoms with E-state index in [-0.39, 0.29) is 12.3 Å². The second kappa shape index (κ2) is 4.95. The van der Waals surface area contributed by atoms with E-state index in [1.54, 1.807) is 17.2 Å². The zero-order chi connectivity index (χ0) is 12.3. The van der Waals surface area contributed by atoms with Crippen molar-refractivity contribution in [1.82, 2.24) is 4.98 Å². The van der Waals surface area contributed by atoms with E-state index in [0.29, 0.717) is 25.8 Å². The van der Waals surface area contributed by atoms with E-state index < -0.39 is 5.97 Å². The zero-order valence-electron chi connectivity index (χ0n) is 9.43. The fourth-order valence-corrected chi connectivity index (χ4v) is 2.00. The Hall–Kier alpha value is -1.91. The molecule has 0 spiro atoms. The molecule has 0 saturated carbocycles. The minimum Gasteiger partial charge on any atom is -0.481 e. The summed E-state index contributed by atoms with van der Waals surface area (Å²) in [7, 11) is 0. The number of pyridine rings is 1. The van der Waals surface area contributed by atoms with Crippen LogP contribution >= 0.6 is 0 Å². The highest BCUT2D eigenvalue weighted by Crippen LogP contribution is 2.25. The van der Waals surface area contributed by atoms with Crippen molar-refractivity contribution in [2.75, 3.05) is 11.4 Å². The molecule has 0 aliphatic carbocycles. The van der Waals surface area contributed by atoms with Crippen LogP contribution in [0.1, 0.15) is 25.0 Å². The molecule has 2 heterocycles. The molecule has 1 aromatic rings. The Morgan fingerprint density at radius 3 is 3.06 bits per heavy atom. The lowest BCUT2D eigenvalue weighted by Gasteiger charge is -2.28. The molecule has 0 unspecified atom stereocenters. The smallest absolute Gasteiger partial charge is 0.303 e. The molecule has 5 heteroatoms. The summed E-state index contributed by atoms with van der Waals surface area (Å²) in [6.07, 6.45) is 3.39. The number of aromatic nitrogens is 1. The van der Waals surface area contributed by atoms with Crippen LogP contribution in [-0.2, 0) is 16.0 Å². The van der Waals surface area contributed by atoms with Crippen molar-refractivity contribution in [3.8, 4) is 0 Å². The maximum Gasteiger partial charge on any atom is 0.303 e. The summed E-state index contributed by atoms with van der Waals surface area (Å²) in [6.45, 7) is 0.448. The highest BCUT2D eigenvalue weighted by molar-refractivity contribution is 5.95. The van der Waals surface area contributed by atoms with Crippen molar-refractivity contribution >= 4 is 17.6 Å². The summed E-state index contributed by atoms with van der Waals surface area (Å²) in [5, 5.41) is 8.59. The van der Waals surface area contributed by atoms with Gasteiger partial charge in [-0.15, -0.1) is 0 Å². The predicted molar refractivity (Wildman–Crippen MR) is 61.8 cm³/mol. The van der Waals surface area contributed by atoms with Crippen molar-refractivity contribution in [2.24, 2.45) is 0 Å². The molecule has 0 atom stereocenters. The first-order valence-electron chi connectivity index (χ1n) is 5.64. The molecule has 2 rings (SSSR count). The second-order valence-electron chi connectivity index (χ2n) is 4.01. The number of aryl methyl sites for hydroxylation is 1. The molecule has 90 valence electrons. The maximum absolute atomic E-state index is 11.8. The fraction of sp³-hybridized carbons (Fsp3) is 0.417. The summed E-state index contributed by atoms with van der Waals surface area (Å²) < 4.78 is 0. The van der Waals surface area contributed by atoms with Crippen LogP contribution in [0.25, 0.3) is 0 Å². The summed E-state index contributed by atoms with van der Waals surface area (Å²) in [4.78, 5) is 28.1. The van der Waals surface area contributed by atoms with Crippen molar-refractivity contribution in [3.63, 3.8) is 0 Å². The van der Waals surface area contributed by atoms with Gasteiger partial charge in [0, 0.05) is 32.0 Å². The summed E-state index contributed by atoms with van der Waals surface area (Å²) in [5.41, 5.74) is 1.75. The van der Waals surface area contributed by atoms with Gasteiger partial charge >= 0.3 is 5.97 Å². The minimum absolute atomic E-state index is 0.0517. The van der Waals surface area contributed by atoms with Crippen molar-refractivity contribution in [1.29, 1.82) is 0 Å². The molecule has 0 saturated heterocycles. The number of anilines is 1. The van der Waals surface area contributed by atoms with Crippen molar-refractivity contribution < 1.29 is 14.7 Å². The number of carboxylic acid groups (broad SMARTS) is 1. The van der Waals surface area contributed by atoms with Gasteiger partial charge in [-0.05, 0) is 18.6 Å². The second-order valence-corrected chi connectivity index (χ2v) is 4.01. The number of carboxylic acids is 1. The van der Waals surface area contributed by atoms with Gasteiger partial charge < -0.3 is 10.0 Å². The van der Waals surface area contributed by atoms with Crippen molar-refractivity contribution in [3.05, 3.63) is 24.0 Å². The zero-order valence-corrected chi connectivity index (χ0v) is 9.43. The third kappa shape index (κ3) is 2.61. The van der Waals surface area contributed by atoms with Crippen molar-refractivity contribution in [2.45, 2.75) is 25.7 Å². The Bertz CT molecular complexity index is 445. The highest BCUT2D eigenvalue weighted by Gasteiger charge is 2.24. The van der Waals surface area contributed by atoms with Gasteiger partial charge in [0.05, 0.1) is 11.4 Å². The van der Waals surface area contributed by atoms with E-state index >= 15 is 0 Å². The molecule has 1 aliphatic heterocycles. The SMILES string of the molecule is O=C(O)CCCN1C(=O)CCc2ncccc21. The van der Waals surface area contributed by atoms with Crippen LogP contribution in [0, 0.1) is 0 Å². The van der Waals surface area contributed by atoms with E-state index in [9.17, 15) is 9.59 Å². The number of carbonyl (C=O) groups excluding carboxylic acids is 1. The van der Waals surface area contributed by atoms with E-state index in [1.165, 1.54) is 0 Å². The van der Waals surface area contributed by atoms with Crippen LogP contribution in [-0.4, -0.2) is 28.5 Å². The standard InChI is InChI=1S/C12H14N2O3/c15-11-6-5-9-10(3-1-7-13-9)14(11)8-2-4-12(16)17/h1,3,7H,2,4-6,8H2,(H,16,17). The van der Waals surface area contributed by atoms with Crippen LogP contribution in [0.15, 0.2) is 18.3 Å². The first kappa shape index (κ1) is 11.6. The molecule has 0 aromatic carbocycles. The molecular weight excluding hydrogens is 220 g/mol. The monoisotopic (exact) mass is 234 g/mol. The van der Waals surface area contributed by atoms with Gasteiger partial charge in [0.15, 0.2) is 0 Å². The molecule has 17 heavy (non-hydrogen) atoms. The number of amides is 1. The Morgan fingerprint density at radius 2 is 2.29 bits per heavy atom. The predicted octanol–water partition coefficient (Wildman–Crippen LogP) is 1.23. The normalized spacial score (nSPS) is 14.6. The third-order valence-corrected chi connectivity index (χ3v) is 2.81. The average Bonchev–Trinajstić information content (AvgIpc) is 2.32. The van der Waals surface area contributed by atoms with Gasteiger partial charge in [0.1, 0.15) is 0 Å². The number of rotatable bonds is 4. The molecule has 0 radical (unpaired) electrons. The number of fused-ring (bicyclic) bond motifs is 1. The van der Waals surface area contributed by atoms with Crippen LogP contribution in [0.2, 0.25) is 0 Å². The van der Waals surface area contributed by atoms with E-state index in [0.717, 1.165) is 11.4 Å². The quantitative estimate of drug-likeness (QED) is 0.850. The lowest BCUT2D eigenvalue weighted by Crippen LogP contribution is -2.36. The molecule has 5 nitrogen and oxygen atoms in total. The minimum atomic E-state index is -0.833. The highest BCUT2D eigenvalue weighted by atomic mass is 16.4. The van der Waals surface area contributed by atoms with Gasteiger partial charge in [-0.1, -0.05) is 0 Å². The van der Waals surface area contributed by atoms with Gasteiger partial charge in [0.2, 0.25) is 5.91 Å². The number of carbonyl (C=O) groups is 2. The van der Waals surface area contributed by atoms with Gasteiger partial charge in [-0.3, -0.25) is 14.6 Å². The molecule has 0 bridgehead atoms. The Labute approximate surface area is 99.1 Å². The molecule has 0 fully saturated rings. The Morgan fingerprint density at radius 1 is 1.47 bits per heavy atom. The van der Waals surface area contributed by atoms with Gasteiger partial charge in [0.25, 0.3) is 0 Å². The van der Waals surface area contributed by atoms with Crippen LogP contribution in [0.3, 0.4) is 0 Å². The number of nitrogens with zero attached hydrogens (tertiary/aromatic N) is 2. The largest absolute Gasteiger partial charge is 0.481 e. The van der Waals surface area contributed by atoms with E-state index in [1.807, 2.05) is 6.07 Å². The first-order valence-corrected chi connectivity index (χ1v) is 5.64. The van der Waals surface area contributed by atoms with Crippen LogP contribution < -0.4 is 4.90 Å². The number of hydrogen-bond acceptors (Lipinski definition) is 3. The topological polar surface area (TPSA) is 70.5 Å². The molecule has 1 amide bonds. The number of hydrogen-bond donors (Lipinski definition) is 1. The van der Waals surface area contributed by atoms with Gasteiger partial charge in [-0.25, -0.2) is 0 Å². The first-order chi connectivity index (χ1) is 8.18. The lowest BCUT2D eigenvalue weighted by molar-refractivity contribution is -0.137. The molecule has 1 N–H and O–H groups in total. The Kier molecular flexibility index (Phi) is 3.37. The van der Waals surface area contributed by atoms with Gasteiger partial charge in [-0.2, -0.15) is 0 Å². The molecule has 1 aromatic heterocycles. The third-order valence-electron chi connectivity index (χ3n) is 2.81. The fourth-order valence-electron chi connectivity index (χ4n) is 2.00. The summed E-state index contributed by atoms with van der Waals surface area (Å²) >= 11 is 0. The molecular formula is C12H14N2O3. The summed E-state index contributed by atoms with van der Waals surface area (Å²) in [6, 6.07) is 3.65. The van der Waals surface area contributed by atoms with E-state index in [2.05, 4.69) is 4.98 Å². The average molecular weight is 234 g/mol. The van der Waals surface area contributed by atoms with E-state index in [4.69, 9.17) is 5.11 Å². The molecule has 1 aliphatic rings. The Balaban J connectivity index is 2.10. The maximum atomic E-state index is 11.8. The van der Waals surface area contributed by atoms with Crippen LogP contribution in [0.4, 0.5) is 5.69 Å². The lowest BCUT2D eigenvalue weighted by atomic mass is 10.1.